The summed E-state index contributed by atoms with van der Waals surface area (Å²) in [7, 11) is 0. The number of rotatable bonds is 14. The molecule has 8 heteroatoms. The van der Waals surface area contributed by atoms with Gasteiger partial charge in [0, 0.05) is 42.5 Å². The number of ether oxygens (including phenoxy) is 4. The summed E-state index contributed by atoms with van der Waals surface area (Å²) in [5.74, 6) is 0.467. The molecule has 1 aromatic heterocycles. The van der Waals surface area contributed by atoms with Gasteiger partial charge in [0.25, 0.3) is 5.91 Å². The summed E-state index contributed by atoms with van der Waals surface area (Å²) in [5.41, 5.74) is 1.81. The van der Waals surface area contributed by atoms with E-state index in [0.717, 1.165) is 16.5 Å². The van der Waals surface area contributed by atoms with E-state index in [1.165, 1.54) is 12.8 Å². The van der Waals surface area contributed by atoms with Crippen LogP contribution in [0.1, 0.15) is 37.7 Å². The molecule has 0 bridgehead atoms. The molecule has 4 rings (SSSR count). The van der Waals surface area contributed by atoms with E-state index in [1.54, 1.807) is 6.26 Å². The fraction of sp³-hybridized carbons (Fsp3) is 0.577. The maximum absolute atomic E-state index is 12.9. The van der Waals surface area contributed by atoms with Gasteiger partial charge in [-0.15, -0.1) is 0 Å². The maximum atomic E-state index is 12.9. The first kappa shape index (κ1) is 24.7. The number of carbonyl (C=O) groups excluding carboxylic acids is 1. The summed E-state index contributed by atoms with van der Waals surface area (Å²) in [6, 6.07) is 7.90. The van der Waals surface area contributed by atoms with Gasteiger partial charge in [-0.3, -0.25) is 4.79 Å². The predicted octanol–water partition coefficient (Wildman–Crippen LogP) is 3.35. The van der Waals surface area contributed by atoms with Crippen molar-refractivity contribution in [3.63, 3.8) is 0 Å². The Balaban J connectivity index is 1.53. The molecule has 0 saturated heterocycles. The van der Waals surface area contributed by atoms with Gasteiger partial charge in [0.2, 0.25) is 6.29 Å². The lowest BCUT2D eigenvalue weighted by Gasteiger charge is -2.36. The molecule has 0 spiro atoms. The van der Waals surface area contributed by atoms with E-state index < -0.39 is 6.29 Å². The number of amides is 1. The molecular formula is C26H35NO7. The smallest absolute Gasteiger partial charge is 0.286 e. The van der Waals surface area contributed by atoms with Crippen LogP contribution in [0.3, 0.4) is 0 Å². The number of aliphatic hydroxyl groups is 1. The van der Waals surface area contributed by atoms with Gasteiger partial charge >= 0.3 is 0 Å². The largest absolute Gasteiger partial charge is 0.464 e. The molecule has 1 aliphatic heterocycles. The van der Waals surface area contributed by atoms with Crippen molar-refractivity contribution >= 4 is 16.9 Å². The number of para-hydroxylation sites is 1. The van der Waals surface area contributed by atoms with Gasteiger partial charge in [-0.05, 0) is 44.2 Å². The number of allylic oxidation sites excluding steroid dienone is 1. The van der Waals surface area contributed by atoms with Gasteiger partial charge in [-0.2, -0.15) is 0 Å². The first-order chi connectivity index (χ1) is 16.7. The Morgan fingerprint density at radius 1 is 1.15 bits per heavy atom. The lowest BCUT2D eigenvalue weighted by atomic mass is 9.81. The molecule has 34 heavy (non-hydrogen) atoms. The fourth-order valence-corrected chi connectivity index (χ4v) is 4.30. The molecule has 3 unspecified atom stereocenters. The minimum Gasteiger partial charge on any atom is -0.464 e. The Kier molecular flexibility index (Phi) is 8.98. The molecule has 2 N–H and O–H groups in total. The Morgan fingerprint density at radius 3 is 2.71 bits per heavy atom. The second kappa shape index (κ2) is 12.4. The van der Waals surface area contributed by atoms with Crippen LogP contribution in [-0.4, -0.2) is 63.5 Å². The quantitative estimate of drug-likeness (QED) is 0.406. The van der Waals surface area contributed by atoms with Crippen molar-refractivity contribution in [3.05, 3.63) is 47.9 Å². The fourth-order valence-electron chi connectivity index (χ4n) is 4.30. The molecule has 2 aliphatic rings. The van der Waals surface area contributed by atoms with Gasteiger partial charge in [-0.25, -0.2) is 0 Å². The van der Waals surface area contributed by atoms with Crippen LogP contribution in [0.5, 0.6) is 0 Å². The molecule has 1 saturated carbocycles. The summed E-state index contributed by atoms with van der Waals surface area (Å²) >= 11 is 0. The second-order valence-corrected chi connectivity index (χ2v) is 8.74. The van der Waals surface area contributed by atoms with E-state index in [9.17, 15) is 4.79 Å². The molecule has 1 amide bonds. The predicted molar refractivity (Wildman–Crippen MR) is 126 cm³/mol. The van der Waals surface area contributed by atoms with Crippen LogP contribution in [0.15, 0.2) is 46.8 Å². The molecule has 1 aromatic carbocycles. The highest BCUT2D eigenvalue weighted by atomic mass is 16.7. The topological polar surface area (TPSA) is 99.4 Å². The van der Waals surface area contributed by atoms with E-state index in [4.69, 9.17) is 28.5 Å². The molecule has 3 atom stereocenters. The van der Waals surface area contributed by atoms with Gasteiger partial charge in [0.15, 0.2) is 5.76 Å². The minimum absolute atomic E-state index is 0.00130. The normalized spacial score (nSPS) is 22.4. The summed E-state index contributed by atoms with van der Waals surface area (Å²) in [4.78, 5) is 12.9. The van der Waals surface area contributed by atoms with Crippen molar-refractivity contribution in [1.82, 2.24) is 5.32 Å². The van der Waals surface area contributed by atoms with Crippen LogP contribution in [0, 0.1) is 11.8 Å². The molecule has 186 valence electrons. The number of nitrogens with one attached hydrogen (secondary N) is 1. The highest BCUT2D eigenvalue weighted by molar-refractivity contribution is 5.92. The molecule has 2 aromatic rings. The minimum atomic E-state index is -0.579. The van der Waals surface area contributed by atoms with Gasteiger partial charge < -0.3 is 33.8 Å². The SMILES string of the molecule is CCOC1OC(C(=O)NCC2CC2)=CC(c2coc3ccccc23)C1CCOCCOCCO. The number of fused-ring (bicyclic) bond motifs is 1. The third kappa shape index (κ3) is 6.39. The monoisotopic (exact) mass is 473 g/mol. The van der Waals surface area contributed by atoms with Crippen molar-refractivity contribution in [3.8, 4) is 0 Å². The van der Waals surface area contributed by atoms with Crippen LogP contribution in [0.2, 0.25) is 0 Å². The Bertz CT molecular complexity index is 952. The molecule has 8 nitrogen and oxygen atoms in total. The lowest BCUT2D eigenvalue weighted by molar-refractivity contribution is -0.168. The van der Waals surface area contributed by atoms with E-state index in [2.05, 4.69) is 5.32 Å². The molecule has 1 aliphatic carbocycles. The summed E-state index contributed by atoms with van der Waals surface area (Å²) in [5, 5.41) is 12.8. The first-order valence-electron chi connectivity index (χ1n) is 12.2. The highest BCUT2D eigenvalue weighted by Crippen LogP contribution is 2.42. The zero-order valence-corrected chi connectivity index (χ0v) is 19.7. The molecule has 1 fully saturated rings. The molecular weight excluding hydrogens is 438 g/mol. The maximum Gasteiger partial charge on any atom is 0.286 e. The van der Waals surface area contributed by atoms with E-state index >= 15 is 0 Å². The highest BCUT2D eigenvalue weighted by Gasteiger charge is 2.39. The Labute approximate surface area is 200 Å². The Morgan fingerprint density at radius 2 is 1.94 bits per heavy atom. The van der Waals surface area contributed by atoms with Crippen molar-refractivity contribution in [2.24, 2.45) is 11.8 Å². The van der Waals surface area contributed by atoms with Crippen LogP contribution in [-0.2, 0) is 23.7 Å². The van der Waals surface area contributed by atoms with Crippen LogP contribution < -0.4 is 5.32 Å². The number of carbonyl (C=O) groups is 1. The summed E-state index contributed by atoms with van der Waals surface area (Å²) in [6.07, 6.45) is 6.10. The number of hydrogen-bond acceptors (Lipinski definition) is 7. The van der Waals surface area contributed by atoms with Gasteiger partial charge in [0.1, 0.15) is 5.58 Å². The lowest BCUT2D eigenvalue weighted by Crippen LogP contribution is -2.39. The third-order valence-electron chi connectivity index (χ3n) is 6.26. The average molecular weight is 474 g/mol. The zero-order chi connectivity index (χ0) is 23.8. The van der Waals surface area contributed by atoms with E-state index in [0.29, 0.717) is 57.7 Å². The van der Waals surface area contributed by atoms with Gasteiger partial charge in [0.05, 0.1) is 32.7 Å². The second-order valence-electron chi connectivity index (χ2n) is 8.74. The van der Waals surface area contributed by atoms with Crippen molar-refractivity contribution in [1.29, 1.82) is 0 Å². The summed E-state index contributed by atoms with van der Waals surface area (Å²) < 4.78 is 28.9. The Hall–Kier alpha value is -2.39. The van der Waals surface area contributed by atoms with Crippen molar-refractivity contribution in [2.75, 3.05) is 46.2 Å². The van der Waals surface area contributed by atoms with Crippen LogP contribution >= 0.6 is 0 Å². The molecule has 2 heterocycles. The van der Waals surface area contributed by atoms with Crippen LogP contribution in [0.25, 0.3) is 11.0 Å². The van der Waals surface area contributed by atoms with Crippen molar-refractivity contribution in [2.45, 2.75) is 38.4 Å². The number of hydrogen-bond donors (Lipinski definition) is 2. The number of aliphatic hydroxyl groups excluding tert-OH is 1. The number of benzene rings is 1. The summed E-state index contributed by atoms with van der Waals surface area (Å²) in [6.45, 7) is 4.72. The standard InChI is InChI=1S/C26H35NO7/c1-2-32-26-20(9-11-30-13-14-31-12-10-28)21(22-17-33-23-6-4-3-5-19(22)23)15-24(34-26)25(29)27-16-18-7-8-18/h3-6,15,17-18,20-21,26,28H,2,7-14,16H2,1H3,(H,27,29). The number of furan rings is 1. The zero-order valence-electron chi connectivity index (χ0n) is 19.7. The third-order valence-corrected chi connectivity index (χ3v) is 6.26. The first-order valence-corrected chi connectivity index (χ1v) is 12.2. The molecule has 0 radical (unpaired) electrons. The van der Waals surface area contributed by atoms with E-state index in [1.807, 2.05) is 37.3 Å². The van der Waals surface area contributed by atoms with E-state index in [-0.39, 0.29) is 24.3 Å². The average Bonchev–Trinajstić information content (AvgIpc) is 3.59. The van der Waals surface area contributed by atoms with Crippen LogP contribution in [0.4, 0.5) is 0 Å². The van der Waals surface area contributed by atoms with Crippen molar-refractivity contribution < 1.29 is 33.3 Å². The van der Waals surface area contributed by atoms with Gasteiger partial charge in [-0.1, -0.05) is 18.2 Å².